The molecule has 0 saturated carbocycles. The number of hydrogen-bond acceptors (Lipinski definition) is 4. The molecule has 0 aromatic heterocycles. The molecule has 1 aromatic rings. The Morgan fingerprint density at radius 1 is 1.43 bits per heavy atom. The van der Waals surface area contributed by atoms with Crippen LogP contribution in [0.1, 0.15) is 24.8 Å². The van der Waals surface area contributed by atoms with E-state index in [1.807, 2.05) is 0 Å². The third kappa shape index (κ3) is 4.95. The van der Waals surface area contributed by atoms with E-state index in [-0.39, 0.29) is 10.6 Å². The fourth-order valence-corrected chi connectivity index (χ4v) is 2.90. The molecule has 1 aliphatic rings. The molecule has 1 N–H and O–H groups in total. The Morgan fingerprint density at radius 3 is 2.81 bits per heavy atom. The maximum absolute atomic E-state index is 11.0. The average Bonchev–Trinajstić information content (AvgIpc) is 2.46. The van der Waals surface area contributed by atoms with E-state index >= 15 is 0 Å². The summed E-state index contributed by atoms with van der Waals surface area (Å²) in [4.78, 5) is 13.0. The van der Waals surface area contributed by atoms with Gasteiger partial charge in [0.2, 0.25) is 0 Å². The molecule has 1 fully saturated rings. The van der Waals surface area contributed by atoms with Crippen molar-refractivity contribution in [3.05, 3.63) is 38.9 Å². The number of hydrogen-bond donors (Lipinski definition) is 1. The highest BCUT2D eigenvalue weighted by Crippen LogP contribution is 2.23. The van der Waals surface area contributed by atoms with Gasteiger partial charge < -0.3 is 10.2 Å². The zero-order valence-electron chi connectivity index (χ0n) is 12.3. The third-order valence-electron chi connectivity index (χ3n) is 4.13. The minimum Gasteiger partial charge on any atom is -0.312 e. The molecule has 0 aliphatic carbocycles. The number of likely N-dealkylation sites (tertiary alicyclic amines) is 1. The smallest absolute Gasteiger partial charge is 0.275 e. The predicted octanol–water partition coefficient (Wildman–Crippen LogP) is 3.07. The summed E-state index contributed by atoms with van der Waals surface area (Å²) >= 11 is 5.81. The van der Waals surface area contributed by atoms with Crippen molar-refractivity contribution in [1.82, 2.24) is 10.2 Å². The SMILES string of the molecule is CN1CCC(CCNCc2ccc(Cl)cc2[N+](=O)[O-])CC1. The van der Waals surface area contributed by atoms with E-state index in [0.29, 0.717) is 17.1 Å². The van der Waals surface area contributed by atoms with Crippen molar-refractivity contribution in [2.75, 3.05) is 26.7 Å². The summed E-state index contributed by atoms with van der Waals surface area (Å²) in [6, 6.07) is 4.83. The second-order valence-electron chi connectivity index (χ2n) is 5.74. The first kappa shape index (κ1) is 16.2. The van der Waals surface area contributed by atoms with E-state index in [0.717, 1.165) is 18.9 Å². The van der Waals surface area contributed by atoms with Crippen LogP contribution in [0.15, 0.2) is 18.2 Å². The van der Waals surface area contributed by atoms with Gasteiger partial charge >= 0.3 is 0 Å². The van der Waals surface area contributed by atoms with Crippen LogP contribution in [0.3, 0.4) is 0 Å². The quantitative estimate of drug-likeness (QED) is 0.498. The molecule has 0 spiro atoms. The normalized spacial score (nSPS) is 17.0. The Hall–Kier alpha value is -1.17. The molecule has 5 nitrogen and oxygen atoms in total. The van der Waals surface area contributed by atoms with Crippen LogP contribution in [-0.2, 0) is 6.54 Å². The lowest BCUT2D eigenvalue weighted by atomic mass is 9.94. The van der Waals surface area contributed by atoms with Gasteiger partial charge in [0.15, 0.2) is 0 Å². The molecule has 1 aliphatic heterocycles. The molecule has 1 heterocycles. The summed E-state index contributed by atoms with van der Waals surface area (Å²) in [5.41, 5.74) is 0.780. The van der Waals surface area contributed by atoms with E-state index in [1.54, 1.807) is 12.1 Å². The van der Waals surface area contributed by atoms with Crippen LogP contribution in [0, 0.1) is 16.0 Å². The summed E-state index contributed by atoms with van der Waals surface area (Å²) in [6.45, 7) is 3.76. The Morgan fingerprint density at radius 2 is 2.14 bits per heavy atom. The van der Waals surface area contributed by atoms with Crippen molar-refractivity contribution in [3.63, 3.8) is 0 Å². The number of nitro groups is 1. The highest BCUT2D eigenvalue weighted by molar-refractivity contribution is 6.30. The van der Waals surface area contributed by atoms with Crippen LogP contribution in [0.2, 0.25) is 5.02 Å². The van der Waals surface area contributed by atoms with Crippen LogP contribution in [0.25, 0.3) is 0 Å². The molecule has 0 unspecified atom stereocenters. The minimum atomic E-state index is -0.375. The highest BCUT2D eigenvalue weighted by atomic mass is 35.5. The van der Waals surface area contributed by atoms with Gasteiger partial charge in [0.05, 0.1) is 4.92 Å². The molecule has 1 saturated heterocycles. The topological polar surface area (TPSA) is 58.4 Å². The molecule has 2 rings (SSSR count). The van der Waals surface area contributed by atoms with Crippen molar-refractivity contribution in [1.29, 1.82) is 0 Å². The first-order valence-electron chi connectivity index (χ1n) is 7.38. The van der Waals surface area contributed by atoms with Gasteiger partial charge in [-0.05, 0) is 64.0 Å². The lowest BCUT2D eigenvalue weighted by molar-refractivity contribution is -0.385. The monoisotopic (exact) mass is 311 g/mol. The van der Waals surface area contributed by atoms with Crippen molar-refractivity contribution in [2.45, 2.75) is 25.8 Å². The Labute approximate surface area is 130 Å². The number of nitrogens with one attached hydrogen (secondary N) is 1. The van der Waals surface area contributed by atoms with E-state index < -0.39 is 0 Å². The minimum absolute atomic E-state index is 0.0919. The van der Waals surface area contributed by atoms with Crippen molar-refractivity contribution in [3.8, 4) is 0 Å². The summed E-state index contributed by atoms with van der Waals surface area (Å²) < 4.78 is 0. The van der Waals surface area contributed by atoms with Crippen LogP contribution in [0.4, 0.5) is 5.69 Å². The maximum atomic E-state index is 11.0. The Kier molecular flexibility index (Phi) is 5.96. The van der Waals surface area contributed by atoms with E-state index in [2.05, 4.69) is 17.3 Å². The molecule has 0 atom stereocenters. The lowest BCUT2D eigenvalue weighted by Crippen LogP contribution is -2.31. The summed E-state index contributed by atoms with van der Waals surface area (Å²) in [6.07, 6.45) is 3.63. The molecular weight excluding hydrogens is 290 g/mol. The number of rotatable bonds is 6. The third-order valence-corrected chi connectivity index (χ3v) is 4.36. The van der Waals surface area contributed by atoms with Gasteiger partial charge in [-0.25, -0.2) is 0 Å². The van der Waals surface area contributed by atoms with Crippen LogP contribution < -0.4 is 5.32 Å². The first-order valence-corrected chi connectivity index (χ1v) is 7.76. The Balaban J connectivity index is 1.77. The molecule has 6 heteroatoms. The molecule has 21 heavy (non-hydrogen) atoms. The fourth-order valence-electron chi connectivity index (χ4n) is 2.74. The molecule has 1 aromatic carbocycles. The summed E-state index contributed by atoms with van der Waals surface area (Å²) in [5, 5.41) is 14.7. The standard InChI is InChI=1S/C15H22ClN3O2/c1-18-8-5-12(6-9-18)4-7-17-11-13-2-3-14(16)10-15(13)19(20)21/h2-3,10,12,17H,4-9,11H2,1H3. The summed E-state index contributed by atoms with van der Waals surface area (Å²) in [7, 11) is 2.16. The van der Waals surface area contributed by atoms with Gasteiger partial charge in [0.1, 0.15) is 0 Å². The number of piperidine rings is 1. The zero-order chi connectivity index (χ0) is 15.2. The molecule has 0 amide bonds. The number of nitro benzene ring substituents is 1. The van der Waals surface area contributed by atoms with Crippen LogP contribution >= 0.6 is 11.6 Å². The number of halogens is 1. The van der Waals surface area contributed by atoms with Gasteiger partial charge in [-0.1, -0.05) is 11.6 Å². The van der Waals surface area contributed by atoms with Crippen molar-refractivity contribution >= 4 is 17.3 Å². The van der Waals surface area contributed by atoms with E-state index in [1.165, 1.54) is 32.0 Å². The average molecular weight is 312 g/mol. The Bertz CT molecular complexity index is 488. The zero-order valence-corrected chi connectivity index (χ0v) is 13.1. The first-order chi connectivity index (χ1) is 10.1. The predicted molar refractivity (Wildman–Crippen MR) is 84.7 cm³/mol. The van der Waals surface area contributed by atoms with E-state index in [9.17, 15) is 10.1 Å². The molecule has 0 bridgehead atoms. The van der Waals surface area contributed by atoms with Gasteiger partial charge in [-0.3, -0.25) is 10.1 Å². The van der Waals surface area contributed by atoms with Gasteiger partial charge in [0, 0.05) is 23.2 Å². The second-order valence-corrected chi connectivity index (χ2v) is 6.18. The fraction of sp³-hybridized carbons (Fsp3) is 0.600. The van der Waals surface area contributed by atoms with Gasteiger partial charge in [-0.15, -0.1) is 0 Å². The van der Waals surface area contributed by atoms with Crippen LogP contribution in [0.5, 0.6) is 0 Å². The lowest BCUT2D eigenvalue weighted by Gasteiger charge is -2.28. The largest absolute Gasteiger partial charge is 0.312 e. The van der Waals surface area contributed by atoms with Crippen molar-refractivity contribution < 1.29 is 4.92 Å². The highest BCUT2D eigenvalue weighted by Gasteiger charge is 2.17. The van der Waals surface area contributed by atoms with Crippen molar-refractivity contribution in [2.24, 2.45) is 5.92 Å². The van der Waals surface area contributed by atoms with Gasteiger partial charge in [0.25, 0.3) is 5.69 Å². The van der Waals surface area contributed by atoms with E-state index in [4.69, 9.17) is 11.6 Å². The second kappa shape index (κ2) is 7.73. The number of benzene rings is 1. The molecule has 116 valence electrons. The number of nitrogens with zero attached hydrogens (tertiary/aromatic N) is 2. The maximum Gasteiger partial charge on any atom is 0.275 e. The van der Waals surface area contributed by atoms with Crippen LogP contribution in [-0.4, -0.2) is 36.5 Å². The van der Waals surface area contributed by atoms with Gasteiger partial charge in [-0.2, -0.15) is 0 Å². The molecule has 0 radical (unpaired) electrons. The summed E-state index contributed by atoms with van der Waals surface area (Å²) in [5.74, 6) is 0.772. The molecular formula is C15H22ClN3O2.